The zero-order chi connectivity index (χ0) is 19.0. The molecule has 0 bridgehead atoms. The molecule has 0 saturated carbocycles. The second kappa shape index (κ2) is 7.04. The number of benzene rings is 1. The Morgan fingerprint density at radius 2 is 1.85 bits per heavy atom. The summed E-state index contributed by atoms with van der Waals surface area (Å²) in [6.07, 6.45) is 1.80. The van der Waals surface area contributed by atoms with E-state index in [1.54, 1.807) is 6.20 Å². The molecule has 3 aromatic rings. The predicted molar refractivity (Wildman–Crippen MR) is 112 cm³/mol. The molecular formula is C21H22N4OS. The molecule has 0 radical (unpaired) electrons. The maximum atomic E-state index is 6.00. The summed E-state index contributed by atoms with van der Waals surface area (Å²) in [4.78, 5) is 8.74. The molecule has 6 heteroatoms. The minimum Gasteiger partial charge on any atom is -0.464 e. The third-order valence-electron chi connectivity index (χ3n) is 4.80. The lowest BCUT2D eigenvalue weighted by Crippen LogP contribution is -2.29. The van der Waals surface area contributed by atoms with Crippen LogP contribution in [0.25, 0.3) is 0 Å². The van der Waals surface area contributed by atoms with Crippen molar-refractivity contribution >= 4 is 28.7 Å². The standard InChI is InChI=1S/C21H22N4OS/c1-14-7-12-18(26-14)20-19(17-6-4-5-13-22-17)23-21(27)25(20)16-10-8-15(9-11-16)24(2)3/h4-13,19-20H,1-3H3,(H,23,27). The molecule has 1 N–H and O–H groups in total. The molecule has 2 aromatic heterocycles. The van der Waals surface area contributed by atoms with Gasteiger partial charge in [-0.2, -0.15) is 0 Å². The van der Waals surface area contributed by atoms with Crippen LogP contribution in [0, 0.1) is 6.92 Å². The van der Waals surface area contributed by atoms with Crippen LogP contribution in [-0.4, -0.2) is 24.2 Å². The van der Waals surface area contributed by atoms with Crippen LogP contribution in [-0.2, 0) is 0 Å². The number of nitrogens with one attached hydrogen (secondary N) is 1. The summed E-state index contributed by atoms with van der Waals surface area (Å²) < 4.78 is 6.00. The highest BCUT2D eigenvalue weighted by atomic mass is 32.1. The van der Waals surface area contributed by atoms with Gasteiger partial charge in [-0.05, 0) is 67.7 Å². The van der Waals surface area contributed by atoms with Crippen LogP contribution in [0.15, 0.2) is 65.2 Å². The van der Waals surface area contributed by atoms with Crippen molar-refractivity contribution in [1.82, 2.24) is 10.3 Å². The number of pyridine rings is 1. The molecule has 0 amide bonds. The molecule has 2 unspecified atom stereocenters. The Balaban J connectivity index is 1.78. The fourth-order valence-corrected chi connectivity index (χ4v) is 3.79. The third kappa shape index (κ3) is 3.28. The molecule has 1 aliphatic rings. The van der Waals surface area contributed by atoms with Crippen molar-refractivity contribution in [2.75, 3.05) is 23.9 Å². The molecule has 4 rings (SSSR count). The number of aromatic nitrogens is 1. The second-order valence-electron chi connectivity index (χ2n) is 6.86. The fraction of sp³-hybridized carbons (Fsp3) is 0.238. The van der Waals surface area contributed by atoms with Gasteiger partial charge in [-0.15, -0.1) is 0 Å². The summed E-state index contributed by atoms with van der Waals surface area (Å²) in [6.45, 7) is 1.95. The van der Waals surface area contributed by atoms with Gasteiger partial charge in [-0.3, -0.25) is 4.98 Å². The predicted octanol–water partition coefficient (Wildman–Crippen LogP) is 4.23. The van der Waals surface area contributed by atoms with Crippen LogP contribution in [0.3, 0.4) is 0 Å². The minimum absolute atomic E-state index is 0.0854. The molecular weight excluding hydrogens is 356 g/mol. The Kier molecular flexibility index (Phi) is 4.58. The highest BCUT2D eigenvalue weighted by molar-refractivity contribution is 7.80. The summed E-state index contributed by atoms with van der Waals surface area (Å²) >= 11 is 5.70. The van der Waals surface area contributed by atoms with Crippen molar-refractivity contribution < 1.29 is 4.42 Å². The second-order valence-corrected chi connectivity index (χ2v) is 7.24. The number of nitrogens with zero attached hydrogens (tertiary/aromatic N) is 3. The van der Waals surface area contributed by atoms with Crippen LogP contribution in [0.2, 0.25) is 0 Å². The van der Waals surface area contributed by atoms with Gasteiger partial charge in [-0.25, -0.2) is 0 Å². The average molecular weight is 379 g/mol. The van der Waals surface area contributed by atoms with E-state index in [1.807, 2.05) is 51.4 Å². The third-order valence-corrected chi connectivity index (χ3v) is 5.11. The van der Waals surface area contributed by atoms with E-state index in [2.05, 4.69) is 44.4 Å². The van der Waals surface area contributed by atoms with Crippen LogP contribution < -0.4 is 15.1 Å². The van der Waals surface area contributed by atoms with Crippen molar-refractivity contribution in [3.8, 4) is 0 Å². The number of aryl methyl sites for hydroxylation is 1. The first-order valence-corrected chi connectivity index (χ1v) is 9.30. The van der Waals surface area contributed by atoms with E-state index < -0.39 is 0 Å². The highest BCUT2D eigenvalue weighted by Gasteiger charge is 2.42. The lowest BCUT2D eigenvalue weighted by molar-refractivity contribution is 0.418. The number of hydrogen-bond donors (Lipinski definition) is 1. The summed E-state index contributed by atoms with van der Waals surface area (Å²) in [7, 11) is 4.06. The maximum absolute atomic E-state index is 6.00. The van der Waals surface area contributed by atoms with E-state index in [-0.39, 0.29) is 12.1 Å². The van der Waals surface area contributed by atoms with Crippen molar-refractivity contribution in [1.29, 1.82) is 0 Å². The summed E-state index contributed by atoms with van der Waals surface area (Å²) in [5.74, 6) is 1.75. The van der Waals surface area contributed by atoms with Gasteiger partial charge in [0.25, 0.3) is 0 Å². The zero-order valence-corrected chi connectivity index (χ0v) is 16.4. The van der Waals surface area contributed by atoms with Gasteiger partial charge in [0, 0.05) is 31.7 Å². The highest BCUT2D eigenvalue weighted by Crippen LogP contribution is 2.42. The molecule has 27 heavy (non-hydrogen) atoms. The number of thiocarbonyl (C=S) groups is 1. The largest absolute Gasteiger partial charge is 0.464 e. The molecule has 0 spiro atoms. The van der Waals surface area contributed by atoms with E-state index in [0.717, 1.165) is 28.6 Å². The Morgan fingerprint density at radius 1 is 1.07 bits per heavy atom. The Hall–Kier alpha value is -2.86. The Bertz CT molecular complexity index is 936. The maximum Gasteiger partial charge on any atom is 0.174 e. The molecule has 0 aliphatic carbocycles. The van der Waals surface area contributed by atoms with Gasteiger partial charge in [0.2, 0.25) is 0 Å². The SMILES string of the molecule is Cc1ccc(C2C(c3ccccn3)NC(=S)N2c2ccc(N(C)C)cc2)o1. The van der Waals surface area contributed by atoms with Crippen LogP contribution in [0.5, 0.6) is 0 Å². The Morgan fingerprint density at radius 3 is 2.44 bits per heavy atom. The monoisotopic (exact) mass is 378 g/mol. The number of furan rings is 1. The molecule has 3 heterocycles. The molecule has 1 aromatic carbocycles. The number of anilines is 2. The van der Waals surface area contributed by atoms with Crippen molar-refractivity contribution in [3.05, 3.63) is 78.0 Å². The number of hydrogen-bond acceptors (Lipinski definition) is 4. The van der Waals surface area contributed by atoms with Crippen LogP contribution >= 0.6 is 12.2 Å². The van der Waals surface area contributed by atoms with E-state index in [4.69, 9.17) is 16.6 Å². The van der Waals surface area contributed by atoms with E-state index in [1.165, 1.54) is 0 Å². The molecule has 1 fully saturated rings. The van der Waals surface area contributed by atoms with Gasteiger partial charge in [0.15, 0.2) is 5.11 Å². The van der Waals surface area contributed by atoms with Gasteiger partial charge in [0.05, 0.1) is 11.7 Å². The van der Waals surface area contributed by atoms with Crippen molar-refractivity contribution in [2.45, 2.75) is 19.0 Å². The first-order chi connectivity index (χ1) is 13.0. The summed E-state index contributed by atoms with van der Waals surface area (Å²) in [5.41, 5.74) is 3.10. The molecule has 1 aliphatic heterocycles. The Labute approximate surface area is 164 Å². The zero-order valence-electron chi connectivity index (χ0n) is 15.6. The first kappa shape index (κ1) is 17.5. The first-order valence-electron chi connectivity index (χ1n) is 8.89. The van der Waals surface area contributed by atoms with Gasteiger partial charge in [-0.1, -0.05) is 6.07 Å². The lowest BCUT2D eigenvalue weighted by Gasteiger charge is -2.26. The smallest absolute Gasteiger partial charge is 0.174 e. The topological polar surface area (TPSA) is 44.5 Å². The minimum atomic E-state index is -0.105. The quantitative estimate of drug-likeness (QED) is 0.686. The fourth-order valence-electron chi connectivity index (χ4n) is 3.45. The molecule has 1 saturated heterocycles. The van der Waals surface area contributed by atoms with Crippen molar-refractivity contribution in [3.63, 3.8) is 0 Å². The summed E-state index contributed by atoms with van der Waals surface area (Å²) in [5, 5.41) is 4.11. The van der Waals surface area contributed by atoms with Gasteiger partial charge < -0.3 is 19.5 Å². The van der Waals surface area contributed by atoms with Gasteiger partial charge in [0.1, 0.15) is 17.6 Å². The van der Waals surface area contributed by atoms with Crippen LogP contribution in [0.1, 0.15) is 29.3 Å². The normalized spacial score (nSPS) is 19.2. The van der Waals surface area contributed by atoms with Crippen LogP contribution in [0.4, 0.5) is 11.4 Å². The number of rotatable bonds is 4. The van der Waals surface area contributed by atoms with Gasteiger partial charge >= 0.3 is 0 Å². The van der Waals surface area contributed by atoms with E-state index >= 15 is 0 Å². The lowest BCUT2D eigenvalue weighted by atomic mass is 10.0. The summed E-state index contributed by atoms with van der Waals surface area (Å²) in [6, 6.07) is 18.1. The molecule has 2 atom stereocenters. The van der Waals surface area contributed by atoms with Crippen molar-refractivity contribution in [2.24, 2.45) is 0 Å². The van der Waals surface area contributed by atoms with E-state index in [9.17, 15) is 0 Å². The molecule has 5 nitrogen and oxygen atoms in total. The van der Waals surface area contributed by atoms with E-state index in [0.29, 0.717) is 5.11 Å². The average Bonchev–Trinajstić information content (AvgIpc) is 3.25. The molecule has 138 valence electrons.